The van der Waals surface area contributed by atoms with Crippen molar-refractivity contribution < 1.29 is 33.7 Å². The van der Waals surface area contributed by atoms with Crippen molar-refractivity contribution in [3.8, 4) is 11.5 Å². The number of esters is 1. The molecule has 0 unspecified atom stereocenters. The molecule has 1 aliphatic heterocycles. The lowest BCUT2D eigenvalue weighted by atomic mass is 10.2. The van der Waals surface area contributed by atoms with Crippen LogP contribution in [0.2, 0.25) is 0 Å². The number of amidine groups is 1. The fourth-order valence-electron chi connectivity index (χ4n) is 1.81. The minimum atomic E-state index is -1.10. The predicted molar refractivity (Wildman–Crippen MR) is 97.0 cm³/mol. The highest BCUT2D eigenvalue weighted by molar-refractivity contribution is 8.18. The number of aliphatic carboxylic acids is 1. The van der Waals surface area contributed by atoms with E-state index in [0.717, 1.165) is 17.8 Å². The Labute approximate surface area is 157 Å². The summed E-state index contributed by atoms with van der Waals surface area (Å²) < 4.78 is 14.7. The lowest BCUT2D eigenvalue weighted by Crippen LogP contribution is -2.19. The smallest absolute Gasteiger partial charge is 0.341 e. The third-order valence-corrected chi connectivity index (χ3v) is 3.90. The Hall–Kier alpha value is -3.34. The SMILES string of the molecule is COC(=O)/C=C1/S/C(=N\N=Cc2ccc(OCC(=O)O)c(OC)c2)NC1=O. The third-order valence-electron chi connectivity index (χ3n) is 3.00. The Morgan fingerprint density at radius 2 is 2.07 bits per heavy atom. The van der Waals surface area contributed by atoms with Crippen LogP contribution >= 0.6 is 11.8 Å². The van der Waals surface area contributed by atoms with Crippen molar-refractivity contribution in [1.29, 1.82) is 0 Å². The van der Waals surface area contributed by atoms with E-state index in [2.05, 4.69) is 20.3 Å². The molecule has 1 fully saturated rings. The van der Waals surface area contributed by atoms with E-state index in [9.17, 15) is 14.4 Å². The number of hydrogen-bond acceptors (Lipinski definition) is 9. The van der Waals surface area contributed by atoms with Crippen molar-refractivity contribution in [3.05, 3.63) is 34.7 Å². The molecule has 11 heteroatoms. The Morgan fingerprint density at radius 1 is 1.30 bits per heavy atom. The molecular weight excluding hydrogens is 378 g/mol. The number of carbonyl (C=O) groups excluding carboxylic acids is 2. The van der Waals surface area contributed by atoms with Crippen molar-refractivity contribution in [2.24, 2.45) is 10.2 Å². The quantitative estimate of drug-likeness (QED) is 0.300. The third kappa shape index (κ3) is 5.85. The summed E-state index contributed by atoms with van der Waals surface area (Å²) in [5.74, 6) is -1.61. The van der Waals surface area contributed by atoms with Gasteiger partial charge in [-0.2, -0.15) is 5.10 Å². The monoisotopic (exact) mass is 393 g/mol. The first-order valence-corrected chi connectivity index (χ1v) is 8.17. The molecule has 1 heterocycles. The van der Waals surface area contributed by atoms with Crippen molar-refractivity contribution in [1.82, 2.24) is 5.32 Å². The Kier molecular flexibility index (Phi) is 6.94. The number of nitrogens with zero attached hydrogens (tertiary/aromatic N) is 2. The molecule has 2 N–H and O–H groups in total. The molecule has 1 aromatic carbocycles. The number of rotatable bonds is 7. The summed E-state index contributed by atoms with van der Waals surface area (Å²) in [6.07, 6.45) is 2.47. The number of carboxylic acids is 1. The first-order chi connectivity index (χ1) is 12.9. The van der Waals surface area contributed by atoms with Gasteiger partial charge in [0.2, 0.25) is 0 Å². The number of ether oxygens (including phenoxy) is 3. The van der Waals surface area contributed by atoms with Gasteiger partial charge in [0.05, 0.1) is 25.3 Å². The molecule has 1 amide bonds. The van der Waals surface area contributed by atoms with Gasteiger partial charge in [-0.25, -0.2) is 9.59 Å². The minimum absolute atomic E-state index is 0.150. The second kappa shape index (κ2) is 9.38. The molecule has 0 aromatic heterocycles. The van der Waals surface area contributed by atoms with Crippen LogP contribution in [-0.2, 0) is 19.1 Å². The van der Waals surface area contributed by atoms with Gasteiger partial charge in [-0.05, 0) is 35.5 Å². The molecule has 0 bridgehead atoms. The highest BCUT2D eigenvalue weighted by atomic mass is 32.2. The van der Waals surface area contributed by atoms with Crippen LogP contribution < -0.4 is 14.8 Å². The number of thioether (sulfide) groups is 1. The van der Waals surface area contributed by atoms with Crippen molar-refractivity contribution in [3.63, 3.8) is 0 Å². The molecule has 10 nitrogen and oxygen atoms in total. The molecule has 142 valence electrons. The molecular formula is C16H15N3O7S. The Bertz CT molecular complexity index is 848. The van der Waals surface area contributed by atoms with E-state index in [-0.39, 0.29) is 15.8 Å². The number of methoxy groups -OCH3 is 2. The van der Waals surface area contributed by atoms with E-state index in [1.54, 1.807) is 18.2 Å². The molecule has 2 rings (SSSR count). The highest BCUT2D eigenvalue weighted by Gasteiger charge is 2.25. The number of carbonyl (C=O) groups is 3. The van der Waals surface area contributed by atoms with Gasteiger partial charge >= 0.3 is 11.9 Å². The molecule has 0 radical (unpaired) electrons. The van der Waals surface area contributed by atoms with Gasteiger partial charge in [-0.1, -0.05) is 0 Å². The largest absolute Gasteiger partial charge is 0.493 e. The molecule has 0 atom stereocenters. The zero-order chi connectivity index (χ0) is 19.8. The molecule has 1 saturated heterocycles. The van der Waals surface area contributed by atoms with Crippen LogP contribution in [-0.4, -0.2) is 55.2 Å². The molecule has 0 saturated carbocycles. The summed E-state index contributed by atoms with van der Waals surface area (Å²) in [7, 11) is 2.63. The van der Waals surface area contributed by atoms with E-state index in [4.69, 9.17) is 14.6 Å². The fourth-order valence-corrected chi connectivity index (χ4v) is 2.55. The van der Waals surface area contributed by atoms with Crippen LogP contribution in [0.25, 0.3) is 0 Å². The van der Waals surface area contributed by atoms with E-state index in [1.807, 2.05) is 0 Å². The summed E-state index contributed by atoms with van der Waals surface area (Å²) in [6.45, 7) is -0.490. The lowest BCUT2D eigenvalue weighted by Gasteiger charge is -2.09. The molecule has 27 heavy (non-hydrogen) atoms. The topological polar surface area (TPSA) is 136 Å². The minimum Gasteiger partial charge on any atom is -0.493 e. The predicted octanol–water partition coefficient (Wildman–Crippen LogP) is 0.768. The maximum Gasteiger partial charge on any atom is 0.341 e. The average Bonchev–Trinajstić information content (AvgIpc) is 2.99. The van der Waals surface area contributed by atoms with Crippen molar-refractivity contribution >= 4 is 41.0 Å². The van der Waals surface area contributed by atoms with Gasteiger partial charge < -0.3 is 19.3 Å². The maximum absolute atomic E-state index is 11.7. The summed E-state index contributed by atoms with van der Waals surface area (Å²) in [4.78, 5) is 33.6. The van der Waals surface area contributed by atoms with Gasteiger partial charge in [-0.15, -0.1) is 5.10 Å². The summed E-state index contributed by atoms with van der Waals surface area (Å²) in [5.41, 5.74) is 0.610. The number of carboxylic acid groups (broad SMARTS) is 1. The first kappa shape index (κ1) is 20.0. The summed E-state index contributed by atoms with van der Waals surface area (Å²) >= 11 is 0.953. The van der Waals surface area contributed by atoms with Crippen LogP contribution in [0.3, 0.4) is 0 Å². The summed E-state index contributed by atoms with van der Waals surface area (Å²) in [6, 6.07) is 4.76. The van der Waals surface area contributed by atoms with Gasteiger partial charge in [0.15, 0.2) is 23.3 Å². The van der Waals surface area contributed by atoms with E-state index < -0.39 is 24.5 Å². The van der Waals surface area contributed by atoms with Gasteiger partial charge in [0.1, 0.15) is 0 Å². The molecule has 0 spiro atoms. The highest BCUT2D eigenvalue weighted by Crippen LogP contribution is 2.27. The zero-order valence-electron chi connectivity index (χ0n) is 14.3. The molecule has 1 aliphatic rings. The lowest BCUT2D eigenvalue weighted by molar-refractivity contribution is -0.139. The maximum atomic E-state index is 11.7. The molecule has 1 aromatic rings. The number of amides is 1. The second-order valence-corrected chi connectivity index (χ2v) is 5.86. The van der Waals surface area contributed by atoms with Crippen LogP contribution in [0, 0.1) is 0 Å². The van der Waals surface area contributed by atoms with Gasteiger partial charge in [-0.3, -0.25) is 10.1 Å². The van der Waals surface area contributed by atoms with E-state index in [0.29, 0.717) is 11.3 Å². The first-order valence-electron chi connectivity index (χ1n) is 7.35. The molecule has 0 aliphatic carbocycles. The van der Waals surface area contributed by atoms with Gasteiger partial charge in [0, 0.05) is 6.08 Å². The standard InChI is InChI=1S/C16H15N3O7S/c1-24-11-5-9(3-4-10(11)26-8-13(20)21)7-17-19-16-18-15(23)12(27-16)6-14(22)25-2/h3-7H,8H2,1-2H3,(H,20,21)(H,18,19,23)/b12-6+,17-7?. The number of benzene rings is 1. The van der Waals surface area contributed by atoms with Crippen LogP contribution in [0.5, 0.6) is 11.5 Å². The van der Waals surface area contributed by atoms with Crippen LogP contribution in [0.4, 0.5) is 0 Å². The fraction of sp³-hybridized carbons (Fsp3) is 0.188. The van der Waals surface area contributed by atoms with E-state index in [1.165, 1.54) is 20.4 Å². The van der Waals surface area contributed by atoms with Crippen LogP contribution in [0.1, 0.15) is 5.56 Å². The van der Waals surface area contributed by atoms with Crippen molar-refractivity contribution in [2.75, 3.05) is 20.8 Å². The Balaban J connectivity index is 2.06. The second-order valence-electron chi connectivity index (χ2n) is 4.83. The van der Waals surface area contributed by atoms with Crippen molar-refractivity contribution in [2.45, 2.75) is 0 Å². The van der Waals surface area contributed by atoms with Crippen LogP contribution in [0.15, 0.2) is 39.4 Å². The number of hydrogen-bond donors (Lipinski definition) is 2. The Morgan fingerprint density at radius 3 is 2.74 bits per heavy atom. The average molecular weight is 393 g/mol. The zero-order valence-corrected chi connectivity index (χ0v) is 15.1. The normalized spacial score (nSPS) is 16.6. The van der Waals surface area contributed by atoms with Gasteiger partial charge in [0.25, 0.3) is 5.91 Å². The summed E-state index contributed by atoms with van der Waals surface area (Å²) in [5, 5.41) is 19.0. The number of nitrogens with one attached hydrogen (secondary N) is 1. The van der Waals surface area contributed by atoms with E-state index >= 15 is 0 Å².